The number of hydrogen-bond acceptors (Lipinski definition) is 10. The van der Waals surface area contributed by atoms with Gasteiger partial charge in [0.1, 0.15) is 29.1 Å². The van der Waals surface area contributed by atoms with E-state index < -0.39 is 17.6 Å². The highest BCUT2D eigenvalue weighted by Gasteiger charge is 2.37. The number of hydrogen-bond donors (Lipinski definition) is 0. The van der Waals surface area contributed by atoms with Gasteiger partial charge in [0.25, 0.3) is 0 Å². The molecule has 3 heterocycles. The van der Waals surface area contributed by atoms with Crippen molar-refractivity contribution >= 4 is 46.8 Å². The summed E-state index contributed by atoms with van der Waals surface area (Å²) in [6, 6.07) is 12.6. The van der Waals surface area contributed by atoms with E-state index in [1.54, 1.807) is 43.2 Å². The minimum Gasteiger partial charge on any atom is -0.497 e. The average Bonchev–Trinajstić information content (AvgIpc) is 3.10. The molecule has 2 aromatic carbocycles. The Morgan fingerprint density at radius 2 is 1.63 bits per heavy atom. The number of aromatic nitrogens is 2. The molecule has 51 heavy (non-hydrogen) atoms. The molecule has 5 rings (SSSR count). The van der Waals surface area contributed by atoms with Gasteiger partial charge in [-0.05, 0) is 64.4 Å². The fraction of sp³-hybridized carbons (Fsp3) is 0.486. The van der Waals surface area contributed by atoms with Crippen LogP contribution in [0.4, 0.5) is 22.1 Å². The van der Waals surface area contributed by atoms with Crippen LogP contribution in [0.25, 0.3) is 0 Å². The van der Waals surface area contributed by atoms with E-state index >= 15 is 0 Å². The summed E-state index contributed by atoms with van der Waals surface area (Å²) in [6.07, 6.45) is 1.04. The maximum Gasteiger partial charge on any atom is 0.410 e. The number of rotatable bonds is 10. The number of anilines is 3. The number of halogens is 1. The van der Waals surface area contributed by atoms with Gasteiger partial charge in [0.15, 0.2) is 11.6 Å². The molecule has 13 nitrogen and oxygen atoms in total. The normalized spacial score (nSPS) is 15.5. The highest BCUT2D eigenvalue weighted by atomic mass is 35.5. The van der Waals surface area contributed by atoms with Gasteiger partial charge in [-0.25, -0.2) is 14.8 Å². The van der Waals surface area contributed by atoms with Crippen molar-refractivity contribution in [2.75, 3.05) is 75.2 Å². The molecule has 2 aliphatic heterocycles. The first-order valence-electron chi connectivity index (χ1n) is 17.1. The van der Waals surface area contributed by atoms with Gasteiger partial charge in [-0.1, -0.05) is 23.7 Å². The van der Waals surface area contributed by atoms with Gasteiger partial charge in [-0.3, -0.25) is 9.59 Å². The number of nitrogens with zero attached hydrogens (tertiary/aromatic N) is 7. The van der Waals surface area contributed by atoms with E-state index in [2.05, 4.69) is 14.9 Å². The van der Waals surface area contributed by atoms with Crippen LogP contribution in [0.2, 0.25) is 5.02 Å². The van der Waals surface area contributed by atoms with Crippen LogP contribution >= 0.6 is 11.6 Å². The molecule has 0 aliphatic carbocycles. The first-order valence-corrected chi connectivity index (χ1v) is 17.4. The van der Waals surface area contributed by atoms with Crippen molar-refractivity contribution in [3.63, 3.8) is 0 Å². The van der Waals surface area contributed by atoms with Crippen molar-refractivity contribution in [2.24, 2.45) is 0 Å². The molecule has 3 aromatic rings. The molecule has 3 amide bonds. The first kappa shape index (κ1) is 37.5. The number of carbonyl (C=O) groups excluding carboxylic acids is 3. The molecular formula is C37H48ClN7O6. The molecule has 1 aromatic heterocycles. The van der Waals surface area contributed by atoms with Gasteiger partial charge in [0.05, 0.1) is 26.7 Å². The zero-order chi connectivity index (χ0) is 37.0. The molecule has 0 unspecified atom stereocenters. The van der Waals surface area contributed by atoms with Gasteiger partial charge >= 0.3 is 6.09 Å². The smallest absolute Gasteiger partial charge is 0.410 e. The summed E-state index contributed by atoms with van der Waals surface area (Å²) in [5.74, 6) is 1.76. The third-order valence-electron chi connectivity index (χ3n) is 9.07. The monoisotopic (exact) mass is 721 g/mol. The summed E-state index contributed by atoms with van der Waals surface area (Å²) >= 11 is 6.21. The minimum absolute atomic E-state index is 0.0923. The molecule has 0 N–H and O–H groups in total. The lowest BCUT2D eigenvalue weighted by Crippen LogP contribution is -2.53. The van der Waals surface area contributed by atoms with Crippen molar-refractivity contribution in [1.29, 1.82) is 0 Å². The van der Waals surface area contributed by atoms with E-state index in [-0.39, 0.29) is 30.9 Å². The van der Waals surface area contributed by atoms with Crippen LogP contribution in [-0.2, 0) is 20.9 Å². The quantitative estimate of drug-likeness (QED) is 0.276. The Kier molecular flexibility index (Phi) is 11.5. The zero-order valence-electron chi connectivity index (χ0n) is 30.7. The number of ether oxygens (including phenoxy) is 3. The highest BCUT2D eigenvalue weighted by Crippen LogP contribution is 2.40. The molecule has 0 radical (unpaired) electrons. The summed E-state index contributed by atoms with van der Waals surface area (Å²) in [6.45, 7) is 11.8. The van der Waals surface area contributed by atoms with Gasteiger partial charge < -0.3 is 38.7 Å². The van der Waals surface area contributed by atoms with E-state index in [4.69, 9.17) is 25.8 Å². The van der Waals surface area contributed by atoms with Crippen molar-refractivity contribution in [2.45, 2.75) is 58.7 Å². The van der Waals surface area contributed by atoms with E-state index in [1.165, 1.54) is 6.33 Å². The maximum absolute atomic E-state index is 14.3. The average molecular weight is 722 g/mol. The standard InChI is InChI=1S/C37H48ClN7O6/c1-24(2)45(36(48)51-37(3,4)5)21-29(25-9-12-27(38)13-10-25)35(47)43-17-15-42(16-18-43)33-32-34(40-23-39-33)44(22-31(46)41(32)6)20-26-11-14-28(49-7)19-30(26)50-8/h9-14,19,23-24,29H,15-18,20-22H2,1-8H3/t29-/m1/s1. The molecule has 1 saturated heterocycles. The maximum atomic E-state index is 14.3. The van der Waals surface area contributed by atoms with Crippen molar-refractivity contribution < 1.29 is 28.6 Å². The Morgan fingerprint density at radius 3 is 2.24 bits per heavy atom. The number of benzene rings is 2. The van der Waals surface area contributed by atoms with Gasteiger partial charge in [0, 0.05) is 69.0 Å². The summed E-state index contributed by atoms with van der Waals surface area (Å²) in [5.41, 5.74) is 1.58. The Balaban J connectivity index is 1.37. The number of fused-ring (bicyclic) bond motifs is 1. The molecule has 1 fully saturated rings. The molecule has 1 atom stereocenters. The Morgan fingerprint density at radius 1 is 0.961 bits per heavy atom. The zero-order valence-corrected chi connectivity index (χ0v) is 31.4. The molecule has 2 aliphatic rings. The third-order valence-corrected chi connectivity index (χ3v) is 9.32. The molecule has 0 spiro atoms. The largest absolute Gasteiger partial charge is 0.497 e. The van der Waals surface area contributed by atoms with Crippen LogP contribution in [0.3, 0.4) is 0 Å². The van der Waals surface area contributed by atoms with Crippen LogP contribution in [-0.4, -0.2) is 110 Å². The van der Waals surface area contributed by atoms with Crippen molar-refractivity contribution in [3.8, 4) is 11.5 Å². The Hall–Kier alpha value is -4.78. The van der Waals surface area contributed by atoms with E-state index in [9.17, 15) is 14.4 Å². The van der Waals surface area contributed by atoms with Gasteiger partial charge in [-0.15, -0.1) is 0 Å². The van der Waals surface area contributed by atoms with Crippen molar-refractivity contribution in [3.05, 3.63) is 64.9 Å². The molecule has 274 valence electrons. The first-order chi connectivity index (χ1) is 24.2. The van der Waals surface area contributed by atoms with E-state index in [0.717, 1.165) is 11.1 Å². The lowest BCUT2D eigenvalue weighted by molar-refractivity contribution is -0.133. The molecule has 0 bridgehead atoms. The van der Waals surface area contributed by atoms with Gasteiger partial charge in [-0.2, -0.15) is 0 Å². The number of carbonyl (C=O) groups is 3. The summed E-state index contributed by atoms with van der Waals surface area (Å²) in [4.78, 5) is 59.3. The number of amides is 3. The van der Waals surface area contributed by atoms with Crippen molar-refractivity contribution in [1.82, 2.24) is 19.8 Å². The van der Waals surface area contributed by atoms with E-state index in [0.29, 0.717) is 66.6 Å². The summed E-state index contributed by atoms with van der Waals surface area (Å²) in [5, 5.41) is 0.560. The number of likely N-dealkylation sites (N-methyl/N-ethyl adjacent to an activating group) is 1. The molecule has 14 heteroatoms. The second-order valence-electron chi connectivity index (χ2n) is 14.0. The van der Waals surface area contributed by atoms with Crippen LogP contribution in [0.15, 0.2) is 48.8 Å². The topological polar surface area (TPSA) is 121 Å². The summed E-state index contributed by atoms with van der Waals surface area (Å²) < 4.78 is 16.7. The third kappa shape index (κ3) is 8.58. The predicted molar refractivity (Wildman–Crippen MR) is 197 cm³/mol. The van der Waals surface area contributed by atoms with Crippen LogP contribution in [0.1, 0.15) is 51.7 Å². The van der Waals surface area contributed by atoms with Gasteiger partial charge in [0.2, 0.25) is 11.8 Å². The fourth-order valence-electron chi connectivity index (χ4n) is 6.30. The second-order valence-corrected chi connectivity index (χ2v) is 14.4. The Labute approximate surface area is 305 Å². The predicted octanol–water partition coefficient (Wildman–Crippen LogP) is 5.21. The van der Waals surface area contributed by atoms with Crippen LogP contribution in [0.5, 0.6) is 11.5 Å². The minimum atomic E-state index is -0.682. The lowest BCUT2D eigenvalue weighted by atomic mass is 9.96. The fourth-order valence-corrected chi connectivity index (χ4v) is 6.43. The number of methoxy groups -OCH3 is 2. The molecule has 0 saturated carbocycles. The SMILES string of the molecule is COc1ccc(CN2CC(=O)N(C)c3c(N4CCN(C(=O)[C@H](CN(C(=O)OC(C)(C)C)C(C)C)c5ccc(Cl)cc5)CC4)ncnc32)c(OC)c1. The van der Waals surface area contributed by atoms with Crippen LogP contribution in [0, 0.1) is 0 Å². The number of piperazine rings is 1. The Bertz CT molecular complexity index is 1720. The van der Waals surface area contributed by atoms with E-state index in [1.807, 2.05) is 74.8 Å². The van der Waals surface area contributed by atoms with Crippen LogP contribution < -0.4 is 24.2 Å². The molecular weight excluding hydrogens is 674 g/mol. The lowest BCUT2D eigenvalue weighted by Gasteiger charge is -2.41. The summed E-state index contributed by atoms with van der Waals surface area (Å²) in [7, 11) is 4.94. The second kappa shape index (κ2) is 15.6. The highest BCUT2D eigenvalue weighted by molar-refractivity contribution is 6.30.